The monoisotopic (exact) mass is 378 g/mol. The highest BCUT2D eigenvalue weighted by molar-refractivity contribution is 5.94. The second-order valence-electron chi connectivity index (χ2n) is 6.16. The van der Waals surface area contributed by atoms with Crippen molar-refractivity contribution in [3.05, 3.63) is 88.3 Å². The van der Waals surface area contributed by atoms with Gasteiger partial charge in [0.1, 0.15) is 6.54 Å². The van der Waals surface area contributed by atoms with Crippen molar-refractivity contribution in [3.8, 4) is 11.4 Å². The van der Waals surface area contributed by atoms with E-state index >= 15 is 0 Å². The summed E-state index contributed by atoms with van der Waals surface area (Å²) in [6, 6.07) is 13.1. The van der Waals surface area contributed by atoms with Gasteiger partial charge < -0.3 is 9.42 Å². The van der Waals surface area contributed by atoms with Crippen LogP contribution in [-0.2, 0) is 6.54 Å². The van der Waals surface area contributed by atoms with Crippen LogP contribution in [0.4, 0.5) is 5.69 Å². The fourth-order valence-corrected chi connectivity index (χ4v) is 2.59. The molecular formula is C20H18N4O4. The Balaban J connectivity index is 1.77. The summed E-state index contributed by atoms with van der Waals surface area (Å²) in [5.74, 6) is 0.411. The number of nitro groups is 1. The average molecular weight is 378 g/mol. The summed E-state index contributed by atoms with van der Waals surface area (Å²) < 4.78 is 5.28. The van der Waals surface area contributed by atoms with Gasteiger partial charge in [-0.15, -0.1) is 6.58 Å². The van der Waals surface area contributed by atoms with Crippen molar-refractivity contribution in [1.29, 1.82) is 0 Å². The summed E-state index contributed by atoms with van der Waals surface area (Å²) in [6.45, 7) is 6.02. The number of benzene rings is 2. The molecular weight excluding hydrogens is 360 g/mol. The number of rotatable bonds is 7. The van der Waals surface area contributed by atoms with Crippen LogP contribution in [0.25, 0.3) is 11.4 Å². The maximum atomic E-state index is 12.8. The molecule has 0 bridgehead atoms. The molecule has 1 aromatic heterocycles. The third kappa shape index (κ3) is 4.29. The predicted molar refractivity (Wildman–Crippen MR) is 103 cm³/mol. The van der Waals surface area contributed by atoms with Gasteiger partial charge in [0.2, 0.25) is 11.7 Å². The van der Waals surface area contributed by atoms with Crippen LogP contribution in [0.3, 0.4) is 0 Å². The van der Waals surface area contributed by atoms with Gasteiger partial charge in [-0.05, 0) is 19.1 Å². The second-order valence-corrected chi connectivity index (χ2v) is 6.16. The minimum absolute atomic E-state index is 0.0774. The molecule has 0 N–H and O–H groups in total. The maximum absolute atomic E-state index is 12.8. The number of aryl methyl sites for hydroxylation is 1. The number of carbonyl (C=O) groups excluding carboxylic acids is 1. The molecule has 0 unspecified atom stereocenters. The van der Waals surface area contributed by atoms with Crippen molar-refractivity contribution in [2.24, 2.45) is 0 Å². The van der Waals surface area contributed by atoms with Crippen molar-refractivity contribution in [1.82, 2.24) is 15.0 Å². The fourth-order valence-electron chi connectivity index (χ4n) is 2.59. The summed E-state index contributed by atoms with van der Waals surface area (Å²) in [5, 5.41) is 14.7. The van der Waals surface area contributed by atoms with E-state index < -0.39 is 4.92 Å². The molecule has 0 saturated carbocycles. The highest BCUT2D eigenvalue weighted by Gasteiger charge is 2.19. The second kappa shape index (κ2) is 8.26. The van der Waals surface area contributed by atoms with E-state index in [1.54, 1.807) is 6.08 Å². The quantitative estimate of drug-likeness (QED) is 0.352. The molecule has 1 amide bonds. The molecule has 0 radical (unpaired) electrons. The van der Waals surface area contributed by atoms with Crippen molar-refractivity contribution in [2.75, 3.05) is 6.54 Å². The number of non-ortho nitro benzene ring substituents is 1. The first-order chi connectivity index (χ1) is 13.5. The lowest BCUT2D eigenvalue weighted by molar-refractivity contribution is -0.384. The Morgan fingerprint density at radius 1 is 1.21 bits per heavy atom. The lowest BCUT2D eigenvalue weighted by Crippen LogP contribution is -2.30. The molecule has 28 heavy (non-hydrogen) atoms. The Kier molecular flexibility index (Phi) is 5.59. The first-order valence-electron chi connectivity index (χ1n) is 8.52. The van der Waals surface area contributed by atoms with Crippen molar-refractivity contribution in [2.45, 2.75) is 13.5 Å². The highest BCUT2D eigenvalue weighted by atomic mass is 16.6. The van der Waals surface area contributed by atoms with E-state index in [1.165, 1.54) is 29.2 Å². The molecule has 0 aliphatic heterocycles. The summed E-state index contributed by atoms with van der Waals surface area (Å²) in [6.07, 6.45) is 1.58. The molecule has 8 nitrogen and oxygen atoms in total. The molecule has 142 valence electrons. The Labute approximate surface area is 161 Å². The molecule has 0 aliphatic rings. The molecule has 3 aromatic rings. The highest BCUT2D eigenvalue weighted by Crippen LogP contribution is 2.18. The fraction of sp³-hybridized carbons (Fsp3) is 0.150. The van der Waals surface area contributed by atoms with Crippen LogP contribution in [0.1, 0.15) is 21.8 Å². The van der Waals surface area contributed by atoms with Gasteiger partial charge >= 0.3 is 0 Å². The summed E-state index contributed by atoms with van der Waals surface area (Å²) in [4.78, 5) is 28.8. The van der Waals surface area contributed by atoms with Gasteiger partial charge in [0.15, 0.2) is 0 Å². The molecule has 0 aliphatic carbocycles. The molecule has 2 aromatic carbocycles. The summed E-state index contributed by atoms with van der Waals surface area (Å²) >= 11 is 0. The van der Waals surface area contributed by atoms with Crippen LogP contribution in [0.2, 0.25) is 0 Å². The molecule has 1 heterocycles. The third-order valence-corrected chi connectivity index (χ3v) is 4.07. The van der Waals surface area contributed by atoms with Crippen molar-refractivity contribution < 1.29 is 14.2 Å². The predicted octanol–water partition coefficient (Wildman–Crippen LogP) is 3.78. The van der Waals surface area contributed by atoms with Gasteiger partial charge in [0.25, 0.3) is 11.6 Å². The lowest BCUT2D eigenvalue weighted by Gasteiger charge is -2.19. The zero-order valence-electron chi connectivity index (χ0n) is 15.2. The molecule has 0 fully saturated rings. The first kappa shape index (κ1) is 19.0. The first-order valence-corrected chi connectivity index (χ1v) is 8.52. The Hall–Kier alpha value is -3.81. The van der Waals surface area contributed by atoms with E-state index in [4.69, 9.17) is 4.52 Å². The Bertz CT molecular complexity index is 994. The zero-order valence-corrected chi connectivity index (χ0v) is 15.2. The summed E-state index contributed by atoms with van der Waals surface area (Å²) in [5.41, 5.74) is 2.19. The summed E-state index contributed by atoms with van der Waals surface area (Å²) in [7, 11) is 0. The molecule has 0 atom stereocenters. The van der Waals surface area contributed by atoms with Crippen LogP contribution in [0.15, 0.2) is 65.7 Å². The number of nitro benzene ring substituents is 1. The number of carbonyl (C=O) groups is 1. The molecule has 3 rings (SSSR count). The minimum Gasteiger partial charge on any atom is -0.337 e. The molecule has 0 spiro atoms. The van der Waals surface area contributed by atoms with Gasteiger partial charge in [-0.25, -0.2) is 0 Å². The van der Waals surface area contributed by atoms with Crippen molar-refractivity contribution >= 4 is 11.6 Å². The van der Waals surface area contributed by atoms with E-state index in [9.17, 15) is 14.9 Å². The smallest absolute Gasteiger partial charge is 0.269 e. The van der Waals surface area contributed by atoms with Crippen molar-refractivity contribution in [3.63, 3.8) is 0 Å². The maximum Gasteiger partial charge on any atom is 0.269 e. The number of hydrogen-bond donors (Lipinski definition) is 0. The topological polar surface area (TPSA) is 102 Å². The molecule has 8 heteroatoms. The van der Waals surface area contributed by atoms with Crippen LogP contribution in [0.5, 0.6) is 0 Å². The van der Waals surface area contributed by atoms with Gasteiger partial charge in [0, 0.05) is 29.8 Å². The largest absolute Gasteiger partial charge is 0.337 e. The SMILES string of the molecule is C=CCN(Cc1nc(-c2ccc(C)cc2)no1)C(=O)c1ccc([N+](=O)[O-])cc1. The third-order valence-electron chi connectivity index (χ3n) is 4.07. The molecule has 0 saturated heterocycles. The van der Waals surface area contributed by atoms with E-state index in [-0.39, 0.29) is 30.6 Å². The van der Waals surface area contributed by atoms with Crippen LogP contribution >= 0.6 is 0 Å². The number of amides is 1. The van der Waals surface area contributed by atoms with E-state index in [1.807, 2.05) is 31.2 Å². The normalized spacial score (nSPS) is 10.5. The number of nitrogens with zero attached hydrogens (tertiary/aromatic N) is 4. The average Bonchev–Trinajstić information content (AvgIpc) is 3.16. The number of aromatic nitrogens is 2. The van der Waals surface area contributed by atoms with E-state index in [2.05, 4.69) is 16.7 Å². The van der Waals surface area contributed by atoms with Crippen LogP contribution in [-0.4, -0.2) is 32.4 Å². The van der Waals surface area contributed by atoms with Gasteiger partial charge in [-0.1, -0.05) is 41.1 Å². The lowest BCUT2D eigenvalue weighted by atomic mass is 10.1. The zero-order chi connectivity index (χ0) is 20.1. The van der Waals surface area contributed by atoms with Gasteiger partial charge in [-0.2, -0.15) is 4.98 Å². The number of hydrogen-bond acceptors (Lipinski definition) is 6. The van der Waals surface area contributed by atoms with Crippen LogP contribution in [0, 0.1) is 17.0 Å². The minimum atomic E-state index is -0.513. The van der Waals surface area contributed by atoms with Gasteiger partial charge in [-0.3, -0.25) is 14.9 Å². The Morgan fingerprint density at radius 3 is 2.50 bits per heavy atom. The standard InChI is InChI=1S/C20H18N4O4/c1-3-12-23(20(25)16-8-10-17(11-9-16)24(26)27)13-18-21-19(22-28-18)15-6-4-14(2)5-7-15/h3-11H,1,12-13H2,2H3. The van der Waals surface area contributed by atoms with Crippen LogP contribution < -0.4 is 0 Å². The van der Waals surface area contributed by atoms with E-state index in [0.29, 0.717) is 11.4 Å². The van der Waals surface area contributed by atoms with E-state index in [0.717, 1.165) is 11.1 Å². The van der Waals surface area contributed by atoms with Gasteiger partial charge in [0.05, 0.1) is 4.92 Å². The Morgan fingerprint density at radius 2 is 1.89 bits per heavy atom.